The van der Waals surface area contributed by atoms with Gasteiger partial charge in [-0.25, -0.2) is 9.13 Å². The third-order valence-corrected chi connectivity index (χ3v) is 2.87. The molecule has 0 saturated carbocycles. The van der Waals surface area contributed by atoms with Crippen molar-refractivity contribution >= 4 is 11.0 Å². The van der Waals surface area contributed by atoms with Crippen LogP contribution >= 0.6 is 0 Å². The summed E-state index contributed by atoms with van der Waals surface area (Å²) in [5.41, 5.74) is 2.16. The van der Waals surface area contributed by atoms with E-state index in [2.05, 4.69) is 11.5 Å². The number of aryl methyl sites for hydroxylation is 1. The van der Waals surface area contributed by atoms with Gasteiger partial charge in [-0.2, -0.15) is 0 Å². The molecule has 2 rings (SSSR count). The summed E-state index contributed by atoms with van der Waals surface area (Å²) in [7, 11) is 0. The van der Waals surface area contributed by atoms with Gasteiger partial charge in [-0.05, 0) is 19.1 Å². The van der Waals surface area contributed by atoms with Crippen LogP contribution in [0.3, 0.4) is 0 Å². The molecule has 0 fully saturated rings. The van der Waals surface area contributed by atoms with E-state index in [9.17, 15) is 5.11 Å². The van der Waals surface area contributed by atoms with Crippen LogP contribution in [0.25, 0.3) is 11.0 Å². The second-order valence-corrected chi connectivity index (χ2v) is 3.68. The number of hydrogen-bond acceptors (Lipinski definition) is 2. The van der Waals surface area contributed by atoms with E-state index in [0.717, 1.165) is 23.4 Å². The zero-order valence-electron chi connectivity index (χ0n) is 9.43. The molecule has 0 aliphatic rings. The van der Waals surface area contributed by atoms with Gasteiger partial charge < -0.3 is 10.2 Å². The molecule has 0 amide bonds. The van der Waals surface area contributed by atoms with Gasteiger partial charge in [0.2, 0.25) is 0 Å². The van der Waals surface area contributed by atoms with E-state index in [-0.39, 0.29) is 13.2 Å². The van der Waals surface area contributed by atoms with Crippen molar-refractivity contribution in [3.8, 4) is 0 Å². The maximum atomic E-state index is 9.43. The smallest absolute Gasteiger partial charge is 0.283 e. The van der Waals surface area contributed by atoms with Gasteiger partial charge in [0.1, 0.15) is 13.2 Å². The Morgan fingerprint density at radius 1 is 1.25 bits per heavy atom. The summed E-state index contributed by atoms with van der Waals surface area (Å²) in [6.45, 7) is 3.45. The first-order chi connectivity index (χ1) is 7.83. The van der Waals surface area contributed by atoms with Crippen LogP contribution in [0.15, 0.2) is 24.3 Å². The number of aliphatic hydroxyl groups is 2. The van der Waals surface area contributed by atoms with E-state index in [1.165, 1.54) is 0 Å². The Morgan fingerprint density at radius 3 is 2.62 bits per heavy atom. The predicted octanol–water partition coefficient (Wildman–Crippen LogP) is 0.433. The van der Waals surface area contributed by atoms with Crippen molar-refractivity contribution < 1.29 is 14.8 Å². The Morgan fingerprint density at radius 2 is 2.00 bits per heavy atom. The van der Waals surface area contributed by atoms with E-state index >= 15 is 0 Å². The fourth-order valence-corrected chi connectivity index (χ4v) is 2.22. The van der Waals surface area contributed by atoms with Gasteiger partial charge >= 0.3 is 0 Å². The van der Waals surface area contributed by atoms with Gasteiger partial charge in [-0.15, -0.1) is 0 Å². The van der Waals surface area contributed by atoms with Crippen LogP contribution in [-0.4, -0.2) is 21.4 Å². The predicted molar refractivity (Wildman–Crippen MR) is 60.8 cm³/mol. The summed E-state index contributed by atoms with van der Waals surface area (Å²) in [6, 6.07) is 8.00. The summed E-state index contributed by atoms with van der Waals surface area (Å²) in [6.07, 6.45) is 0. The Balaban J connectivity index is 2.73. The Labute approximate surface area is 94.4 Å². The van der Waals surface area contributed by atoms with E-state index in [0.29, 0.717) is 6.54 Å². The molecule has 0 bridgehead atoms. The Hall–Kier alpha value is -1.39. The molecule has 4 nitrogen and oxygen atoms in total. The van der Waals surface area contributed by atoms with E-state index in [4.69, 9.17) is 5.11 Å². The molecular formula is C12H17N2O2+. The molecule has 86 valence electrons. The highest BCUT2D eigenvalue weighted by Crippen LogP contribution is 2.14. The first-order valence-electron chi connectivity index (χ1n) is 5.55. The van der Waals surface area contributed by atoms with Gasteiger partial charge in [-0.3, -0.25) is 0 Å². The second kappa shape index (κ2) is 4.63. The van der Waals surface area contributed by atoms with Crippen LogP contribution < -0.4 is 4.57 Å². The van der Waals surface area contributed by atoms with E-state index < -0.39 is 0 Å². The number of imidazole rings is 1. The van der Waals surface area contributed by atoms with Crippen molar-refractivity contribution in [2.24, 2.45) is 0 Å². The van der Waals surface area contributed by atoms with Crippen molar-refractivity contribution in [3.63, 3.8) is 0 Å². The number of benzene rings is 1. The van der Waals surface area contributed by atoms with Gasteiger partial charge in [0, 0.05) is 0 Å². The average Bonchev–Trinajstić information content (AvgIpc) is 2.63. The van der Waals surface area contributed by atoms with Crippen molar-refractivity contribution in [1.82, 2.24) is 4.57 Å². The number of fused-ring (bicyclic) bond motifs is 1. The van der Waals surface area contributed by atoms with E-state index in [1.807, 2.05) is 28.8 Å². The van der Waals surface area contributed by atoms with Crippen molar-refractivity contribution in [2.45, 2.75) is 26.6 Å². The fraction of sp³-hybridized carbons (Fsp3) is 0.417. The molecule has 0 atom stereocenters. The molecule has 4 heteroatoms. The first kappa shape index (κ1) is 11.1. The maximum Gasteiger partial charge on any atom is 0.283 e. The number of nitrogens with zero attached hydrogens (tertiary/aromatic N) is 2. The topological polar surface area (TPSA) is 49.3 Å². The van der Waals surface area contributed by atoms with Crippen molar-refractivity contribution in [3.05, 3.63) is 30.1 Å². The SMILES string of the molecule is CCn1c(CO)[n+](CCO)c2ccccc21. The summed E-state index contributed by atoms with van der Waals surface area (Å²) < 4.78 is 4.05. The van der Waals surface area contributed by atoms with Crippen LogP contribution in [0.5, 0.6) is 0 Å². The lowest BCUT2D eigenvalue weighted by molar-refractivity contribution is -0.683. The number of para-hydroxylation sites is 2. The van der Waals surface area contributed by atoms with Crippen LogP contribution in [0.1, 0.15) is 12.7 Å². The zero-order chi connectivity index (χ0) is 11.5. The molecule has 1 heterocycles. The normalized spacial score (nSPS) is 11.2. The second-order valence-electron chi connectivity index (χ2n) is 3.68. The first-order valence-corrected chi connectivity index (χ1v) is 5.55. The fourth-order valence-electron chi connectivity index (χ4n) is 2.22. The average molecular weight is 221 g/mol. The molecule has 1 aromatic heterocycles. The summed E-state index contributed by atoms with van der Waals surface area (Å²) in [4.78, 5) is 0. The molecule has 0 saturated heterocycles. The monoisotopic (exact) mass is 221 g/mol. The van der Waals surface area contributed by atoms with Crippen molar-refractivity contribution in [2.75, 3.05) is 6.61 Å². The molecule has 1 aromatic carbocycles. The molecular weight excluding hydrogens is 204 g/mol. The summed E-state index contributed by atoms with van der Waals surface area (Å²) in [5.74, 6) is 0.845. The van der Waals surface area contributed by atoms with Gasteiger partial charge in [0.25, 0.3) is 5.82 Å². The highest BCUT2D eigenvalue weighted by molar-refractivity contribution is 5.72. The number of aliphatic hydroxyl groups excluding tert-OH is 2. The highest BCUT2D eigenvalue weighted by Gasteiger charge is 2.22. The zero-order valence-corrected chi connectivity index (χ0v) is 9.43. The third kappa shape index (κ3) is 1.60. The Bertz CT molecular complexity index is 491. The minimum absolute atomic E-state index is 0.0114. The van der Waals surface area contributed by atoms with Crippen molar-refractivity contribution in [1.29, 1.82) is 0 Å². The molecule has 0 aliphatic carbocycles. The minimum atomic E-state index is -0.0114. The van der Waals surface area contributed by atoms with Crippen LogP contribution in [0.2, 0.25) is 0 Å². The van der Waals surface area contributed by atoms with Crippen LogP contribution in [0.4, 0.5) is 0 Å². The largest absolute Gasteiger partial charge is 0.392 e. The molecule has 0 radical (unpaired) electrons. The molecule has 16 heavy (non-hydrogen) atoms. The number of rotatable bonds is 4. The van der Waals surface area contributed by atoms with E-state index in [1.54, 1.807) is 0 Å². The lowest BCUT2D eigenvalue weighted by Crippen LogP contribution is -2.39. The number of aromatic nitrogens is 2. The summed E-state index contributed by atoms with van der Waals surface area (Å²) >= 11 is 0. The summed E-state index contributed by atoms with van der Waals surface area (Å²) in [5, 5.41) is 18.5. The third-order valence-electron chi connectivity index (χ3n) is 2.87. The quantitative estimate of drug-likeness (QED) is 0.736. The molecule has 2 aromatic rings. The van der Waals surface area contributed by atoms with Gasteiger partial charge in [0.15, 0.2) is 11.0 Å². The molecule has 0 aliphatic heterocycles. The lowest BCUT2D eigenvalue weighted by Gasteiger charge is -1.99. The van der Waals surface area contributed by atoms with Gasteiger partial charge in [-0.1, -0.05) is 12.1 Å². The molecule has 0 unspecified atom stereocenters. The highest BCUT2D eigenvalue weighted by atomic mass is 16.3. The Kier molecular flexibility index (Phi) is 3.22. The maximum absolute atomic E-state index is 9.43. The standard InChI is InChI=1S/C12H17N2O2/c1-2-13-10-5-3-4-6-11(10)14(7-8-15)12(13)9-16/h3-6,15-16H,2,7-9H2,1H3/q+1. The van der Waals surface area contributed by atoms with Crippen LogP contribution in [0, 0.1) is 0 Å². The molecule has 0 spiro atoms. The molecule has 2 N–H and O–H groups in total. The van der Waals surface area contributed by atoms with Crippen LogP contribution in [-0.2, 0) is 19.7 Å². The van der Waals surface area contributed by atoms with Gasteiger partial charge in [0.05, 0.1) is 13.2 Å². The number of hydrogen-bond donors (Lipinski definition) is 2. The minimum Gasteiger partial charge on any atom is -0.392 e. The lowest BCUT2D eigenvalue weighted by atomic mass is 10.3.